The minimum absolute atomic E-state index is 0.0571. The molecule has 28 heavy (non-hydrogen) atoms. The van der Waals surface area contributed by atoms with Gasteiger partial charge in [0, 0.05) is 0 Å². The molecule has 1 heterocycles. The van der Waals surface area contributed by atoms with E-state index in [0.717, 1.165) is 38.5 Å². The molecule has 5 aliphatic rings. The lowest BCUT2D eigenvalue weighted by molar-refractivity contribution is 0.0339. The molecule has 0 amide bonds. The van der Waals surface area contributed by atoms with Crippen molar-refractivity contribution < 1.29 is 8.42 Å². The van der Waals surface area contributed by atoms with E-state index in [2.05, 4.69) is 0 Å². The molecule has 1 aromatic rings. The van der Waals surface area contributed by atoms with Gasteiger partial charge in [0.2, 0.25) is 25.5 Å². The normalized spacial score (nSPS) is 41.5. The first-order chi connectivity index (χ1) is 13.0. The fourth-order valence-electron chi connectivity index (χ4n) is 5.76. The van der Waals surface area contributed by atoms with Crippen LogP contribution in [-0.4, -0.2) is 16.0 Å². The first-order valence-electron chi connectivity index (χ1n) is 8.89. The summed E-state index contributed by atoms with van der Waals surface area (Å²) in [6.07, 6.45) is 5.63. The molecule has 0 radical (unpaired) electrons. The van der Waals surface area contributed by atoms with Crippen LogP contribution in [0.4, 0.5) is 0 Å². The summed E-state index contributed by atoms with van der Waals surface area (Å²) in [6.45, 7) is 0. The third-order valence-corrected chi connectivity index (χ3v) is 20.0. The van der Waals surface area contributed by atoms with Gasteiger partial charge in [-0.1, -0.05) is 58.0 Å². The topological polar surface area (TPSA) is 34.1 Å². The molecule has 11 heteroatoms. The Morgan fingerprint density at radius 1 is 0.786 bits per heavy atom. The van der Waals surface area contributed by atoms with Gasteiger partial charge >= 0.3 is 2.87 Å². The first-order valence-corrected chi connectivity index (χ1v) is 15.2. The van der Waals surface area contributed by atoms with Gasteiger partial charge in [-0.2, -0.15) is 0 Å². The average molecular weight is 560 g/mol. The zero-order chi connectivity index (χ0) is 20.2. The van der Waals surface area contributed by atoms with Crippen LogP contribution in [0.5, 0.6) is 0 Å². The van der Waals surface area contributed by atoms with Gasteiger partial charge in [-0.05, 0) is 67.9 Å². The van der Waals surface area contributed by atoms with Crippen LogP contribution < -0.4 is 0 Å². The molecule has 0 aromatic heterocycles. The van der Waals surface area contributed by atoms with Crippen LogP contribution in [0.1, 0.15) is 38.5 Å². The molecule has 4 aliphatic carbocycles. The van der Waals surface area contributed by atoms with E-state index >= 15 is 0 Å². The summed E-state index contributed by atoms with van der Waals surface area (Å²) >= 11 is 38.0. The van der Waals surface area contributed by atoms with E-state index < -0.39 is 27.4 Å². The molecule has 1 saturated heterocycles. The molecule has 1 aliphatic heterocycles. The Bertz CT molecular complexity index is 933. The fourth-order valence-corrected chi connectivity index (χ4v) is 18.4. The van der Waals surface area contributed by atoms with E-state index in [1.165, 1.54) is 10.8 Å². The Balaban J connectivity index is 1.56. The first kappa shape index (κ1) is 21.5. The highest BCUT2D eigenvalue weighted by Crippen LogP contribution is 2.74. The summed E-state index contributed by atoms with van der Waals surface area (Å²) in [5.41, 5.74) is 0. The number of hydrogen-bond donors (Lipinski definition) is 0. The molecule has 2 nitrogen and oxygen atoms in total. The molecule has 4 saturated carbocycles. The van der Waals surface area contributed by atoms with Crippen LogP contribution in [0.25, 0.3) is 0 Å². The number of rotatable bonds is 3. The summed E-state index contributed by atoms with van der Waals surface area (Å²) in [4.78, 5) is 0.385. The van der Waals surface area contributed by atoms with Crippen LogP contribution in [0.2, 0.25) is 25.1 Å². The largest absolute Gasteiger partial charge is 0.410 e. The van der Waals surface area contributed by atoms with Crippen molar-refractivity contribution in [2.75, 3.05) is 0 Å². The van der Waals surface area contributed by atoms with Crippen molar-refractivity contribution in [1.82, 2.24) is 0 Å². The van der Waals surface area contributed by atoms with E-state index in [4.69, 9.17) is 69.6 Å². The maximum atomic E-state index is 13.9. The quantitative estimate of drug-likeness (QED) is 0.0945. The fraction of sp³-hybridized carbons (Fsp3) is 0.647. The van der Waals surface area contributed by atoms with Crippen LogP contribution in [0.3, 0.4) is 0 Å². The molecule has 0 N–H and O–H groups in total. The van der Waals surface area contributed by atoms with Crippen molar-refractivity contribution in [3.63, 3.8) is 0 Å². The molecule has 6 rings (SSSR count). The van der Waals surface area contributed by atoms with Gasteiger partial charge in [0.15, 0.2) is 9.93 Å². The van der Waals surface area contributed by atoms with Gasteiger partial charge in [0.05, 0.1) is 19.8 Å². The molecular formula is C17H15Cl6O2S3+. The molecule has 0 spiro atoms. The number of halogens is 6. The summed E-state index contributed by atoms with van der Waals surface area (Å²) in [6, 6.07) is 0. The summed E-state index contributed by atoms with van der Waals surface area (Å²) in [5, 5.41) is 0.444. The Kier molecular flexibility index (Phi) is 5.21. The summed E-state index contributed by atoms with van der Waals surface area (Å²) < 4.78 is 25.6. The lowest BCUT2D eigenvalue weighted by Crippen LogP contribution is -2.57. The van der Waals surface area contributed by atoms with E-state index in [0.29, 0.717) is 22.6 Å². The lowest BCUT2D eigenvalue weighted by Gasteiger charge is -2.55. The highest BCUT2D eigenvalue weighted by Gasteiger charge is 2.85. The van der Waals surface area contributed by atoms with Crippen LogP contribution in [0.15, 0.2) is 4.90 Å². The molecular weight excluding hydrogens is 545 g/mol. The van der Waals surface area contributed by atoms with Gasteiger partial charge in [0.25, 0.3) is 0 Å². The van der Waals surface area contributed by atoms with E-state index in [-0.39, 0.29) is 25.1 Å². The SMILES string of the molecule is O=S(=O)(C12CC3CC(CC(C3)C1)C2)C1(Cl)S[S+]1c1c(Cl)c(Cl)c(Cl)c(Cl)c1Cl. The zero-order valence-corrected chi connectivity index (χ0v) is 21.3. The molecule has 4 bridgehead atoms. The van der Waals surface area contributed by atoms with Crippen LogP contribution >= 0.6 is 80.4 Å². The Hall–Kier alpha value is 1.61. The zero-order valence-electron chi connectivity index (χ0n) is 14.3. The lowest BCUT2D eigenvalue weighted by atomic mass is 9.56. The van der Waals surface area contributed by atoms with Gasteiger partial charge < -0.3 is 0 Å². The number of benzene rings is 1. The van der Waals surface area contributed by atoms with E-state index in [9.17, 15) is 8.42 Å². The number of alkyl halides is 1. The summed E-state index contributed by atoms with van der Waals surface area (Å²) in [7, 11) is -3.43. The van der Waals surface area contributed by atoms with Crippen LogP contribution in [-0.2, 0) is 19.8 Å². The van der Waals surface area contributed by atoms with E-state index in [1.54, 1.807) is 0 Å². The third-order valence-electron chi connectivity index (χ3n) is 6.61. The number of sulfone groups is 1. The number of hydrogen-bond acceptors (Lipinski definition) is 3. The average Bonchev–Trinajstić information content (AvgIpc) is 3.30. The highest BCUT2D eigenvalue weighted by atomic mass is 35.5. The maximum absolute atomic E-state index is 13.9. The van der Waals surface area contributed by atoms with Crippen molar-refractivity contribution in [2.24, 2.45) is 17.8 Å². The van der Waals surface area contributed by atoms with Gasteiger partial charge in [-0.3, -0.25) is 0 Å². The second-order valence-corrected chi connectivity index (χ2v) is 18.6. The van der Waals surface area contributed by atoms with Crippen molar-refractivity contribution in [3.8, 4) is 0 Å². The highest BCUT2D eigenvalue weighted by molar-refractivity contribution is 8.95. The van der Waals surface area contributed by atoms with E-state index in [1.807, 2.05) is 0 Å². The van der Waals surface area contributed by atoms with Crippen molar-refractivity contribution in [2.45, 2.75) is 51.0 Å². The minimum atomic E-state index is -3.65. The smallest absolute Gasteiger partial charge is 0.220 e. The minimum Gasteiger partial charge on any atom is -0.220 e. The van der Waals surface area contributed by atoms with Crippen molar-refractivity contribution in [1.29, 1.82) is 0 Å². The van der Waals surface area contributed by atoms with Crippen molar-refractivity contribution >= 4 is 100 Å². The van der Waals surface area contributed by atoms with Crippen LogP contribution in [0, 0.1) is 17.8 Å². The molecule has 2 unspecified atom stereocenters. The Morgan fingerprint density at radius 3 is 1.61 bits per heavy atom. The molecule has 5 fully saturated rings. The second-order valence-electron chi connectivity index (χ2n) is 8.34. The van der Waals surface area contributed by atoms with Crippen molar-refractivity contribution in [3.05, 3.63) is 25.1 Å². The Labute approximate surface area is 200 Å². The van der Waals surface area contributed by atoms with Gasteiger partial charge in [-0.25, -0.2) is 8.42 Å². The van der Waals surface area contributed by atoms with Gasteiger partial charge in [0.1, 0.15) is 10.0 Å². The summed E-state index contributed by atoms with van der Waals surface area (Å²) in [5.74, 6) is 1.50. The standard InChI is InChI=1S/C17H15Cl6O2S3/c18-10-11(19)13(21)15(14(22)12(10)20)27-17(23,26-27)28(24,25)16-4-7-1-8(5-16)3-9(2-7)6-16/h7-9H,1-6H2/q+1. The third kappa shape index (κ3) is 2.80. The molecule has 2 atom stereocenters. The Morgan fingerprint density at radius 2 is 1.18 bits per heavy atom. The predicted octanol–water partition coefficient (Wildman–Crippen LogP) is 7.83. The van der Waals surface area contributed by atoms with Gasteiger partial charge in [-0.15, -0.1) is 0 Å². The predicted molar refractivity (Wildman–Crippen MR) is 123 cm³/mol. The monoisotopic (exact) mass is 557 g/mol. The second kappa shape index (κ2) is 6.81. The maximum Gasteiger partial charge on any atom is 0.410 e. The molecule has 154 valence electrons. The molecule has 1 aromatic carbocycles.